The van der Waals surface area contributed by atoms with Gasteiger partial charge in [-0.15, -0.1) is 0 Å². The average Bonchev–Trinajstić information content (AvgIpc) is 2.22. The lowest BCUT2D eigenvalue weighted by Gasteiger charge is -2.10. The van der Waals surface area contributed by atoms with Crippen molar-refractivity contribution in [1.29, 1.82) is 0 Å². The zero-order chi connectivity index (χ0) is 11.4. The van der Waals surface area contributed by atoms with Gasteiger partial charge in [-0.2, -0.15) is 0 Å². The summed E-state index contributed by atoms with van der Waals surface area (Å²) in [5.74, 6) is -0.0527. The molecule has 0 radical (unpaired) electrons. The number of methoxy groups -OCH3 is 1. The number of aromatic nitrogens is 1. The van der Waals surface area contributed by atoms with Crippen LogP contribution in [0, 0.1) is 3.57 Å². The van der Waals surface area contributed by atoms with Crippen LogP contribution in [0.25, 0.3) is 0 Å². The first-order valence-electron chi connectivity index (χ1n) is 4.28. The van der Waals surface area contributed by atoms with E-state index < -0.39 is 12.0 Å². The summed E-state index contributed by atoms with van der Waals surface area (Å²) in [7, 11) is 1.30. The maximum absolute atomic E-state index is 11.1. The molecule has 0 aromatic carbocycles. The van der Waals surface area contributed by atoms with Gasteiger partial charge in [0.15, 0.2) is 0 Å². The highest BCUT2D eigenvalue weighted by Crippen LogP contribution is 2.14. The smallest absolute Gasteiger partial charge is 0.322 e. The molecule has 0 saturated carbocycles. The zero-order valence-corrected chi connectivity index (χ0v) is 10.4. The summed E-state index contributed by atoms with van der Waals surface area (Å²) in [5.41, 5.74) is 12.0. The molecule has 82 valence electrons. The van der Waals surface area contributed by atoms with Crippen molar-refractivity contribution in [3.05, 3.63) is 21.4 Å². The Morgan fingerprint density at radius 1 is 1.73 bits per heavy atom. The molecule has 0 saturated heterocycles. The van der Waals surface area contributed by atoms with Crippen molar-refractivity contribution in [3.8, 4) is 0 Å². The van der Waals surface area contributed by atoms with Gasteiger partial charge in [-0.3, -0.25) is 4.79 Å². The molecule has 6 heteroatoms. The number of nitrogen functional groups attached to an aromatic ring is 1. The average molecular weight is 321 g/mol. The minimum atomic E-state index is -0.697. The number of carbonyl (C=O) groups is 1. The third-order valence-corrected chi connectivity index (χ3v) is 2.50. The molecule has 1 heterocycles. The van der Waals surface area contributed by atoms with Crippen molar-refractivity contribution >= 4 is 34.4 Å². The summed E-state index contributed by atoms with van der Waals surface area (Å²) in [5, 5.41) is 0. The fraction of sp³-hybridized carbons (Fsp3) is 0.333. The molecular weight excluding hydrogens is 309 g/mol. The van der Waals surface area contributed by atoms with Gasteiger partial charge >= 0.3 is 5.97 Å². The second-order valence-corrected chi connectivity index (χ2v) is 4.28. The Hall–Kier alpha value is -0.890. The van der Waals surface area contributed by atoms with Crippen LogP contribution in [0.5, 0.6) is 0 Å². The molecule has 0 fully saturated rings. The first-order valence-corrected chi connectivity index (χ1v) is 5.35. The first-order chi connectivity index (χ1) is 7.04. The van der Waals surface area contributed by atoms with Crippen molar-refractivity contribution < 1.29 is 9.53 Å². The van der Waals surface area contributed by atoms with Gasteiger partial charge in [0.05, 0.1) is 7.11 Å². The Balaban J connectivity index is 2.80. The predicted molar refractivity (Wildman–Crippen MR) is 65.1 cm³/mol. The Bertz CT molecular complexity index is 370. The molecule has 0 aliphatic heterocycles. The fourth-order valence-electron chi connectivity index (χ4n) is 1.13. The summed E-state index contributed by atoms with van der Waals surface area (Å²) in [4.78, 5) is 15.1. The molecule has 0 spiro atoms. The molecule has 4 N–H and O–H groups in total. The zero-order valence-electron chi connectivity index (χ0n) is 8.24. The highest BCUT2D eigenvalue weighted by Gasteiger charge is 2.16. The van der Waals surface area contributed by atoms with Crippen molar-refractivity contribution in [2.45, 2.75) is 12.5 Å². The van der Waals surface area contributed by atoms with Gasteiger partial charge in [0.2, 0.25) is 0 Å². The normalized spacial score (nSPS) is 12.2. The number of hydrogen-bond donors (Lipinski definition) is 2. The second-order valence-electron chi connectivity index (χ2n) is 3.03. The van der Waals surface area contributed by atoms with Crippen LogP contribution in [-0.2, 0) is 16.0 Å². The Morgan fingerprint density at radius 3 is 3.00 bits per heavy atom. The number of halogens is 1. The van der Waals surface area contributed by atoms with Crippen LogP contribution in [0.3, 0.4) is 0 Å². The maximum Gasteiger partial charge on any atom is 0.322 e. The van der Waals surface area contributed by atoms with E-state index in [4.69, 9.17) is 11.5 Å². The number of ether oxygens (including phenoxy) is 1. The van der Waals surface area contributed by atoms with Gasteiger partial charge < -0.3 is 16.2 Å². The van der Waals surface area contributed by atoms with E-state index in [0.29, 0.717) is 12.2 Å². The summed E-state index contributed by atoms with van der Waals surface area (Å²) >= 11 is 2.12. The molecule has 0 amide bonds. The summed E-state index contributed by atoms with van der Waals surface area (Å²) in [6.07, 6.45) is 1.99. The molecule has 1 aromatic heterocycles. The van der Waals surface area contributed by atoms with Gasteiger partial charge in [0.25, 0.3) is 0 Å². The molecule has 1 rings (SSSR count). The molecule has 0 aliphatic carbocycles. The highest BCUT2D eigenvalue weighted by atomic mass is 127. The van der Waals surface area contributed by atoms with Gasteiger partial charge in [0, 0.05) is 16.2 Å². The molecule has 1 unspecified atom stereocenters. The van der Waals surface area contributed by atoms with Crippen LogP contribution in [0.2, 0.25) is 0 Å². The van der Waals surface area contributed by atoms with Gasteiger partial charge in [-0.1, -0.05) is 0 Å². The molecule has 0 bridgehead atoms. The summed E-state index contributed by atoms with van der Waals surface area (Å²) in [6.45, 7) is 0. The molecular formula is C9H12IN3O2. The van der Waals surface area contributed by atoms with Crippen LogP contribution >= 0.6 is 22.6 Å². The molecule has 1 aromatic rings. The van der Waals surface area contributed by atoms with E-state index in [1.807, 2.05) is 6.07 Å². The topological polar surface area (TPSA) is 91.2 Å². The van der Waals surface area contributed by atoms with Crippen molar-refractivity contribution in [2.75, 3.05) is 12.8 Å². The van der Waals surface area contributed by atoms with E-state index in [0.717, 1.165) is 9.13 Å². The quantitative estimate of drug-likeness (QED) is 0.618. The van der Waals surface area contributed by atoms with Crippen LogP contribution < -0.4 is 11.5 Å². The lowest BCUT2D eigenvalue weighted by Crippen LogP contribution is -2.34. The lowest BCUT2D eigenvalue weighted by molar-refractivity contribution is -0.142. The van der Waals surface area contributed by atoms with E-state index in [9.17, 15) is 4.79 Å². The van der Waals surface area contributed by atoms with Crippen LogP contribution in [0.4, 0.5) is 5.82 Å². The fourth-order valence-corrected chi connectivity index (χ4v) is 1.64. The third-order valence-electron chi connectivity index (χ3n) is 1.91. The van der Waals surface area contributed by atoms with E-state index in [2.05, 4.69) is 32.3 Å². The summed E-state index contributed by atoms with van der Waals surface area (Å²) < 4.78 is 5.48. The van der Waals surface area contributed by atoms with E-state index in [1.165, 1.54) is 7.11 Å². The largest absolute Gasteiger partial charge is 0.468 e. The van der Waals surface area contributed by atoms with E-state index in [-0.39, 0.29) is 0 Å². The second kappa shape index (κ2) is 5.26. The number of nitrogens with two attached hydrogens (primary N) is 2. The van der Waals surface area contributed by atoms with Crippen molar-refractivity contribution in [1.82, 2.24) is 4.98 Å². The standard InChI is InChI=1S/C9H12IN3O2/c1-15-9(14)7(11)3-5-2-6(10)4-13-8(5)12/h2,4,7H,3,11H2,1H3,(H2,12,13). The third kappa shape index (κ3) is 3.31. The number of pyridine rings is 1. The Labute approximate surface area is 101 Å². The first kappa shape index (κ1) is 12.2. The molecule has 1 atom stereocenters. The highest BCUT2D eigenvalue weighted by molar-refractivity contribution is 14.1. The Morgan fingerprint density at radius 2 is 2.40 bits per heavy atom. The molecule has 0 aliphatic rings. The number of esters is 1. The minimum absolute atomic E-state index is 0.336. The number of hydrogen-bond acceptors (Lipinski definition) is 5. The summed E-state index contributed by atoms with van der Waals surface area (Å²) in [6, 6.07) is 1.16. The predicted octanol–water partition coefficient (Wildman–Crippen LogP) is 0.311. The Kier molecular flexibility index (Phi) is 4.28. The monoisotopic (exact) mass is 321 g/mol. The minimum Gasteiger partial charge on any atom is -0.468 e. The number of carbonyl (C=O) groups excluding carboxylic acids is 1. The van der Waals surface area contributed by atoms with Crippen molar-refractivity contribution in [3.63, 3.8) is 0 Å². The van der Waals surface area contributed by atoms with E-state index in [1.54, 1.807) is 6.20 Å². The van der Waals surface area contributed by atoms with Gasteiger partial charge in [-0.05, 0) is 34.2 Å². The number of rotatable bonds is 3. The van der Waals surface area contributed by atoms with Crippen molar-refractivity contribution in [2.24, 2.45) is 5.73 Å². The number of anilines is 1. The number of nitrogens with zero attached hydrogens (tertiary/aromatic N) is 1. The molecule has 15 heavy (non-hydrogen) atoms. The van der Waals surface area contributed by atoms with Crippen LogP contribution in [0.1, 0.15) is 5.56 Å². The van der Waals surface area contributed by atoms with Crippen LogP contribution in [0.15, 0.2) is 12.3 Å². The van der Waals surface area contributed by atoms with Gasteiger partial charge in [-0.25, -0.2) is 4.98 Å². The SMILES string of the molecule is COC(=O)C(N)Cc1cc(I)cnc1N. The lowest BCUT2D eigenvalue weighted by atomic mass is 10.1. The van der Waals surface area contributed by atoms with Crippen LogP contribution in [-0.4, -0.2) is 24.1 Å². The van der Waals surface area contributed by atoms with Gasteiger partial charge in [0.1, 0.15) is 11.9 Å². The maximum atomic E-state index is 11.1. The van der Waals surface area contributed by atoms with E-state index >= 15 is 0 Å². The molecule has 5 nitrogen and oxygen atoms in total.